The summed E-state index contributed by atoms with van der Waals surface area (Å²) in [5.41, 5.74) is 0.0936. The van der Waals surface area contributed by atoms with Gasteiger partial charge in [0.1, 0.15) is 11.4 Å². The third-order valence-electron chi connectivity index (χ3n) is 5.64. The minimum absolute atomic E-state index is 0.288. The van der Waals surface area contributed by atoms with Crippen molar-refractivity contribution in [2.24, 2.45) is 5.92 Å². The number of nitrogens with zero attached hydrogens (tertiary/aromatic N) is 2. The highest BCUT2D eigenvalue weighted by Gasteiger charge is 2.52. The van der Waals surface area contributed by atoms with Gasteiger partial charge in [-0.25, -0.2) is 4.98 Å². The van der Waals surface area contributed by atoms with Crippen LogP contribution in [0.1, 0.15) is 19.8 Å². The van der Waals surface area contributed by atoms with Crippen molar-refractivity contribution in [3.8, 4) is 5.75 Å². The molecule has 4 heterocycles. The van der Waals surface area contributed by atoms with Crippen LogP contribution in [0, 0.1) is 5.92 Å². The molecule has 1 unspecified atom stereocenters. The molecule has 27 heavy (non-hydrogen) atoms. The van der Waals surface area contributed by atoms with Gasteiger partial charge in [-0.2, -0.15) is 0 Å². The Morgan fingerprint density at radius 2 is 2.26 bits per heavy atom. The second-order valence-corrected chi connectivity index (χ2v) is 9.03. The molecule has 3 fully saturated rings. The third kappa shape index (κ3) is 3.92. The summed E-state index contributed by atoms with van der Waals surface area (Å²) in [6, 6.07) is 5.84. The minimum atomic E-state index is -0.809. The lowest BCUT2D eigenvalue weighted by Gasteiger charge is -2.55. The number of aromatic nitrogens is 1. The molecule has 3 saturated heterocycles. The van der Waals surface area contributed by atoms with Gasteiger partial charge in [-0.1, -0.05) is 11.3 Å². The molecule has 5 rings (SSSR count). The predicted octanol–water partition coefficient (Wildman–Crippen LogP) is 2.04. The number of hydrogen-bond donors (Lipinski definition) is 3. The standard InChI is InChI=1S/C18H24BN4O2S2/c1-2-25-13-3-4-14-15(9-13)27-17(21-14)22-16(26)20-10-18(24)11-23(19)7-5-12(18)6-8-23/h3-4,9,12,24H,2,5-8,10-11H2,1H3,(H2,20,21,22,26)/q+1. The number of aliphatic hydroxyl groups is 1. The van der Waals surface area contributed by atoms with Crippen molar-refractivity contribution in [3.05, 3.63) is 18.2 Å². The number of fused-ring (bicyclic) bond motifs is 4. The molecule has 0 saturated carbocycles. The Hall–Kier alpha value is -1.42. The maximum Gasteiger partial charge on any atom is 0.481 e. The van der Waals surface area contributed by atoms with E-state index < -0.39 is 5.60 Å². The lowest BCUT2D eigenvalue weighted by molar-refractivity contribution is -0.846. The quantitative estimate of drug-likeness (QED) is 0.525. The number of ether oxygens (including phenoxy) is 1. The van der Waals surface area contributed by atoms with E-state index in [4.69, 9.17) is 24.9 Å². The number of benzene rings is 1. The molecule has 2 radical (unpaired) electrons. The highest BCUT2D eigenvalue weighted by Crippen LogP contribution is 2.38. The van der Waals surface area contributed by atoms with Gasteiger partial charge in [0, 0.05) is 18.8 Å². The fourth-order valence-corrected chi connectivity index (χ4v) is 5.37. The predicted molar refractivity (Wildman–Crippen MR) is 113 cm³/mol. The van der Waals surface area contributed by atoms with Gasteiger partial charge in [0.2, 0.25) is 0 Å². The Labute approximate surface area is 169 Å². The van der Waals surface area contributed by atoms with Crippen molar-refractivity contribution >= 4 is 52.0 Å². The number of rotatable bonds is 5. The first kappa shape index (κ1) is 18.9. The molecule has 0 amide bonds. The second kappa shape index (κ2) is 7.20. The van der Waals surface area contributed by atoms with Gasteiger partial charge in [0.15, 0.2) is 10.2 Å². The topological polar surface area (TPSA) is 66.4 Å². The summed E-state index contributed by atoms with van der Waals surface area (Å²) in [6.45, 7) is 5.48. The fourth-order valence-electron chi connectivity index (χ4n) is 4.24. The summed E-state index contributed by atoms with van der Waals surface area (Å²) in [4.78, 5) is 4.55. The summed E-state index contributed by atoms with van der Waals surface area (Å²) in [5.74, 6) is 1.13. The molecular weight excluding hydrogens is 379 g/mol. The van der Waals surface area contributed by atoms with Crippen molar-refractivity contribution in [2.75, 3.05) is 38.1 Å². The Kier molecular flexibility index (Phi) is 5.05. The third-order valence-corrected chi connectivity index (χ3v) is 6.82. The van der Waals surface area contributed by atoms with Crippen LogP contribution in [-0.2, 0) is 0 Å². The van der Waals surface area contributed by atoms with Crippen LogP contribution in [0.4, 0.5) is 5.13 Å². The van der Waals surface area contributed by atoms with E-state index in [0.717, 1.165) is 47.0 Å². The molecule has 3 aliphatic rings. The first-order valence-corrected chi connectivity index (χ1v) is 10.6. The molecule has 1 aromatic heterocycles. The first-order chi connectivity index (χ1) is 12.9. The number of thiocarbonyl (C=S) groups is 1. The summed E-state index contributed by atoms with van der Waals surface area (Å²) in [5, 5.41) is 18.6. The highest BCUT2D eigenvalue weighted by molar-refractivity contribution is 7.80. The van der Waals surface area contributed by atoms with Crippen LogP contribution in [-0.4, -0.2) is 66.0 Å². The molecule has 6 nitrogen and oxygen atoms in total. The van der Waals surface area contributed by atoms with Gasteiger partial charge in [0.05, 0.1) is 43.0 Å². The number of anilines is 1. The van der Waals surface area contributed by atoms with Gasteiger partial charge in [-0.15, -0.1) is 0 Å². The van der Waals surface area contributed by atoms with E-state index in [1.165, 1.54) is 11.3 Å². The van der Waals surface area contributed by atoms with E-state index in [0.29, 0.717) is 29.2 Å². The van der Waals surface area contributed by atoms with Crippen molar-refractivity contribution in [3.63, 3.8) is 0 Å². The molecular formula is C18H24BN4O2S2+. The van der Waals surface area contributed by atoms with E-state index in [1.807, 2.05) is 25.1 Å². The number of piperidine rings is 3. The van der Waals surface area contributed by atoms with Gasteiger partial charge in [0.25, 0.3) is 0 Å². The molecule has 142 valence electrons. The number of quaternary nitrogens is 1. The lowest BCUT2D eigenvalue weighted by atomic mass is 9.72. The largest absolute Gasteiger partial charge is 0.494 e. The van der Waals surface area contributed by atoms with Crippen molar-refractivity contribution in [1.82, 2.24) is 10.3 Å². The van der Waals surface area contributed by atoms with Crippen molar-refractivity contribution < 1.29 is 14.2 Å². The molecule has 0 spiro atoms. The lowest BCUT2D eigenvalue weighted by Crippen LogP contribution is -2.70. The molecule has 1 aromatic carbocycles. The maximum absolute atomic E-state index is 11.1. The molecule has 0 aliphatic carbocycles. The van der Waals surface area contributed by atoms with Crippen LogP contribution in [0.5, 0.6) is 5.75 Å². The maximum atomic E-state index is 11.1. The zero-order valence-electron chi connectivity index (χ0n) is 15.4. The van der Waals surface area contributed by atoms with Crippen molar-refractivity contribution in [2.45, 2.75) is 25.4 Å². The van der Waals surface area contributed by atoms with E-state index in [-0.39, 0.29) is 5.92 Å². The van der Waals surface area contributed by atoms with E-state index in [1.54, 1.807) is 0 Å². The average Bonchev–Trinajstić information content (AvgIpc) is 3.02. The SMILES string of the molecule is [B][N+]12CCC(CC1)C(O)(CNC(=S)Nc1nc3ccc(OCC)cc3s1)C2. The summed E-state index contributed by atoms with van der Waals surface area (Å²) in [6.07, 6.45) is 1.93. The molecule has 2 aromatic rings. The minimum Gasteiger partial charge on any atom is -0.494 e. The molecule has 3 aliphatic heterocycles. The molecule has 9 heteroatoms. The van der Waals surface area contributed by atoms with E-state index in [2.05, 4.69) is 15.6 Å². The Morgan fingerprint density at radius 1 is 1.48 bits per heavy atom. The van der Waals surface area contributed by atoms with Gasteiger partial charge < -0.3 is 24.9 Å². The van der Waals surface area contributed by atoms with Gasteiger partial charge in [-0.3, -0.25) is 0 Å². The van der Waals surface area contributed by atoms with E-state index >= 15 is 0 Å². The van der Waals surface area contributed by atoms with Crippen LogP contribution < -0.4 is 15.4 Å². The number of hydrogen-bond acceptors (Lipinski definition) is 5. The molecule has 2 bridgehead atoms. The average molecular weight is 403 g/mol. The van der Waals surface area contributed by atoms with Gasteiger partial charge >= 0.3 is 7.98 Å². The van der Waals surface area contributed by atoms with E-state index in [9.17, 15) is 5.11 Å². The smallest absolute Gasteiger partial charge is 0.481 e. The summed E-state index contributed by atoms with van der Waals surface area (Å²) < 4.78 is 7.04. The molecule has 1 atom stereocenters. The van der Waals surface area contributed by atoms with Crippen LogP contribution in [0.25, 0.3) is 10.2 Å². The van der Waals surface area contributed by atoms with Crippen LogP contribution in [0.2, 0.25) is 0 Å². The van der Waals surface area contributed by atoms with Crippen LogP contribution in [0.15, 0.2) is 18.2 Å². The monoisotopic (exact) mass is 403 g/mol. The zero-order valence-corrected chi connectivity index (χ0v) is 17.0. The summed E-state index contributed by atoms with van der Waals surface area (Å²) in [7, 11) is 6.36. The highest BCUT2D eigenvalue weighted by atomic mass is 32.1. The van der Waals surface area contributed by atoms with Gasteiger partial charge in [-0.05, 0) is 37.3 Å². The van der Waals surface area contributed by atoms with Crippen LogP contribution in [0.3, 0.4) is 0 Å². The number of nitrogens with one attached hydrogen (secondary N) is 2. The zero-order chi connectivity index (χ0) is 19.1. The summed E-state index contributed by atoms with van der Waals surface area (Å²) >= 11 is 6.93. The fraction of sp³-hybridized carbons (Fsp3) is 0.556. The Balaban J connectivity index is 1.37. The second-order valence-electron chi connectivity index (χ2n) is 7.59. The Morgan fingerprint density at radius 3 is 2.96 bits per heavy atom. The normalized spacial score (nSPS) is 29.6. The molecule has 3 N–H and O–H groups in total. The number of thiazole rings is 1. The van der Waals surface area contributed by atoms with Crippen LogP contribution >= 0.6 is 23.6 Å². The van der Waals surface area contributed by atoms with Crippen molar-refractivity contribution in [1.29, 1.82) is 0 Å². The first-order valence-electron chi connectivity index (χ1n) is 9.34. The Bertz CT molecular complexity index is 853.